The Morgan fingerprint density at radius 1 is 1.23 bits per heavy atom. The molecule has 4 heterocycles. The highest BCUT2D eigenvalue weighted by atomic mass is 32.1. The molecule has 0 spiro atoms. The normalized spacial score (nSPS) is 13.9. The Bertz CT molecular complexity index is 1210. The maximum Gasteiger partial charge on any atom is 0.255 e. The maximum atomic E-state index is 12.7. The molecule has 4 aromatic rings. The topological polar surface area (TPSA) is 71.1 Å². The minimum Gasteiger partial charge on any atom is -0.497 e. The molecule has 8 heteroatoms. The monoisotopic (exact) mass is 436 g/mol. The summed E-state index contributed by atoms with van der Waals surface area (Å²) in [5.41, 5.74) is 2.75. The number of hydrogen-bond acceptors (Lipinski definition) is 7. The molecule has 0 aliphatic carbocycles. The summed E-state index contributed by atoms with van der Waals surface area (Å²) in [4.78, 5) is 29.4. The molecule has 0 bridgehead atoms. The minimum absolute atomic E-state index is 0.0312. The van der Waals surface area contributed by atoms with Crippen LogP contribution in [0.1, 0.15) is 16.1 Å². The van der Waals surface area contributed by atoms with E-state index in [2.05, 4.69) is 14.9 Å². The number of H-pyrrole nitrogens is 1. The van der Waals surface area contributed by atoms with E-state index in [4.69, 9.17) is 9.72 Å². The molecule has 1 aromatic carbocycles. The highest BCUT2D eigenvalue weighted by Gasteiger charge is 2.22. The standard InChI is InChI=1S/C22H20N4O2S2/c1-28-15-6-4-14(5-7-15)22-23-11-16(30-22)12-26-9-8-18-17(13-26)21(27)25-20(24-18)19-3-2-10-29-19/h2-7,10-11H,8-9,12-13H2,1H3,(H,24,25,27). The number of thiazole rings is 1. The molecule has 0 radical (unpaired) electrons. The molecule has 1 N–H and O–H groups in total. The fraction of sp³-hybridized carbons (Fsp3) is 0.227. The van der Waals surface area contributed by atoms with Crippen molar-refractivity contribution >= 4 is 22.7 Å². The number of hydrogen-bond donors (Lipinski definition) is 1. The predicted molar refractivity (Wildman–Crippen MR) is 120 cm³/mol. The molecular weight excluding hydrogens is 416 g/mol. The van der Waals surface area contributed by atoms with Crippen molar-refractivity contribution in [2.75, 3.05) is 13.7 Å². The van der Waals surface area contributed by atoms with Gasteiger partial charge in [0, 0.05) is 42.7 Å². The fourth-order valence-corrected chi connectivity index (χ4v) is 5.24. The van der Waals surface area contributed by atoms with Gasteiger partial charge in [0.2, 0.25) is 0 Å². The number of nitrogens with one attached hydrogen (secondary N) is 1. The SMILES string of the molecule is COc1ccc(-c2ncc(CN3CCc4nc(-c5cccs5)[nH]c(=O)c4C3)s2)cc1. The number of rotatable bonds is 5. The summed E-state index contributed by atoms with van der Waals surface area (Å²) in [7, 11) is 1.66. The molecule has 30 heavy (non-hydrogen) atoms. The van der Waals surface area contributed by atoms with Gasteiger partial charge in [-0.3, -0.25) is 9.69 Å². The van der Waals surface area contributed by atoms with Gasteiger partial charge in [0.15, 0.2) is 5.82 Å². The first-order valence-electron chi connectivity index (χ1n) is 9.67. The van der Waals surface area contributed by atoms with Crippen LogP contribution in [0.2, 0.25) is 0 Å². The van der Waals surface area contributed by atoms with E-state index in [0.717, 1.165) is 52.0 Å². The van der Waals surface area contributed by atoms with E-state index in [1.807, 2.05) is 48.0 Å². The van der Waals surface area contributed by atoms with Crippen molar-refractivity contribution in [3.8, 4) is 27.0 Å². The Kier molecular flexibility index (Phi) is 5.20. The summed E-state index contributed by atoms with van der Waals surface area (Å²) in [6, 6.07) is 11.9. The number of aromatic amines is 1. The van der Waals surface area contributed by atoms with Crippen LogP contribution in [0.4, 0.5) is 0 Å². The second-order valence-electron chi connectivity index (χ2n) is 7.14. The van der Waals surface area contributed by atoms with Gasteiger partial charge in [-0.15, -0.1) is 22.7 Å². The van der Waals surface area contributed by atoms with Crippen LogP contribution in [0.5, 0.6) is 5.75 Å². The number of thiophene rings is 1. The van der Waals surface area contributed by atoms with Crippen molar-refractivity contribution in [1.82, 2.24) is 19.9 Å². The van der Waals surface area contributed by atoms with Crippen molar-refractivity contribution in [2.45, 2.75) is 19.5 Å². The van der Waals surface area contributed by atoms with Gasteiger partial charge in [0.25, 0.3) is 5.56 Å². The van der Waals surface area contributed by atoms with Gasteiger partial charge in [-0.2, -0.15) is 0 Å². The van der Waals surface area contributed by atoms with E-state index in [9.17, 15) is 4.79 Å². The average molecular weight is 437 g/mol. The first-order chi connectivity index (χ1) is 14.7. The fourth-order valence-electron chi connectivity index (χ4n) is 3.61. The zero-order valence-electron chi connectivity index (χ0n) is 16.4. The van der Waals surface area contributed by atoms with Crippen molar-refractivity contribution < 1.29 is 4.74 Å². The van der Waals surface area contributed by atoms with Crippen LogP contribution >= 0.6 is 22.7 Å². The summed E-state index contributed by atoms with van der Waals surface area (Å²) in [6.45, 7) is 2.26. The molecule has 0 saturated carbocycles. The van der Waals surface area contributed by atoms with Crippen LogP contribution in [0, 0.1) is 0 Å². The zero-order chi connectivity index (χ0) is 20.5. The molecule has 1 aliphatic rings. The zero-order valence-corrected chi connectivity index (χ0v) is 18.1. The van der Waals surface area contributed by atoms with Crippen molar-refractivity contribution in [3.63, 3.8) is 0 Å². The lowest BCUT2D eigenvalue weighted by Gasteiger charge is -2.27. The molecular formula is C22H20N4O2S2. The van der Waals surface area contributed by atoms with Crippen molar-refractivity contribution in [3.05, 3.63) is 74.5 Å². The Morgan fingerprint density at radius 2 is 2.10 bits per heavy atom. The van der Waals surface area contributed by atoms with E-state index in [-0.39, 0.29) is 5.56 Å². The molecule has 0 unspecified atom stereocenters. The number of methoxy groups -OCH3 is 1. The lowest BCUT2D eigenvalue weighted by molar-refractivity contribution is 0.244. The number of aromatic nitrogens is 3. The van der Waals surface area contributed by atoms with E-state index in [0.29, 0.717) is 12.4 Å². The number of ether oxygens (including phenoxy) is 1. The van der Waals surface area contributed by atoms with Crippen LogP contribution < -0.4 is 10.3 Å². The van der Waals surface area contributed by atoms with Crippen molar-refractivity contribution in [2.24, 2.45) is 0 Å². The van der Waals surface area contributed by atoms with Gasteiger partial charge < -0.3 is 9.72 Å². The molecule has 152 valence electrons. The van der Waals surface area contributed by atoms with Crippen LogP contribution in [0.3, 0.4) is 0 Å². The Labute approximate surface area is 181 Å². The Morgan fingerprint density at radius 3 is 2.87 bits per heavy atom. The van der Waals surface area contributed by atoms with E-state index in [1.165, 1.54) is 4.88 Å². The molecule has 1 aliphatic heterocycles. The first-order valence-corrected chi connectivity index (χ1v) is 11.4. The van der Waals surface area contributed by atoms with Gasteiger partial charge in [-0.05, 0) is 35.7 Å². The summed E-state index contributed by atoms with van der Waals surface area (Å²) in [5, 5.41) is 2.98. The van der Waals surface area contributed by atoms with Crippen LogP contribution in [0.15, 0.2) is 52.8 Å². The quantitative estimate of drug-likeness (QED) is 0.508. The largest absolute Gasteiger partial charge is 0.497 e. The number of fused-ring (bicyclic) bond motifs is 1. The predicted octanol–water partition coefficient (Wildman–Crippen LogP) is 4.19. The second-order valence-corrected chi connectivity index (χ2v) is 9.20. The lowest BCUT2D eigenvalue weighted by Crippen LogP contribution is -2.35. The van der Waals surface area contributed by atoms with E-state index < -0.39 is 0 Å². The summed E-state index contributed by atoms with van der Waals surface area (Å²) in [5.74, 6) is 1.51. The third kappa shape index (κ3) is 3.81. The van der Waals surface area contributed by atoms with Gasteiger partial charge in [0.1, 0.15) is 10.8 Å². The van der Waals surface area contributed by atoms with Crippen molar-refractivity contribution in [1.29, 1.82) is 0 Å². The lowest BCUT2D eigenvalue weighted by atomic mass is 10.1. The average Bonchev–Trinajstić information content (AvgIpc) is 3.47. The Balaban J connectivity index is 1.31. The highest BCUT2D eigenvalue weighted by Crippen LogP contribution is 2.29. The third-order valence-electron chi connectivity index (χ3n) is 5.17. The molecule has 6 nitrogen and oxygen atoms in total. The molecule has 5 rings (SSSR count). The molecule has 0 amide bonds. The van der Waals surface area contributed by atoms with Gasteiger partial charge in [0.05, 0.1) is 23.2 Å². The number of nitrogens with zero attached hydrogens (tertiary/aromatic N) is 3. The highest BCUT2D eigenvalue weighted by molar-refractivity contribution is 7.15. The summed E-state index contributed by atoms with van der Waals surface area (Å²) < 4.78 is 5.22. The first kappa shape index (κ1) is 19.2. The molecule has 0 saturated heterocycles. The van der Waals surface area contributed by atoms with Gasteiger partial charge >= 0.3 is 0 Å². The minimum atomic E-state index is -0.0312. The number of benzene rings is 1. The van der Waals surface area contributed by atoms with E-state index in [1.54, 1.807) is 29.8 Å². The van der Waals surface area contributed by atoms with Crippen LogP contribution in [-0.4, -0.2) is 33.5 Å². The summed E-state index contributed by atoms with van der Waals surface area (Å²) in [6.07, 6.45) is 2.71. The molecule has 3 aromatic heterocycles. The maximum absolute atomic E-state index is 12.7. The molecule has 0 atom stereocenters. The van der Waals surface area contributed by atoms with Crippen LogP contribution in [0.25, 0.3) is 21.3 Å². The van der Waals surface area contributed by atoms with Gasteiger partial charge in [-0.1, -0.05) is 6.07 Å². The third-order valence-corrected chi connectivity index (χ3v) is 7.08. The molecule has 0 fully saturated rings. The summed E-state index contributed by atoms with van der Waals surface area (Å²) >= 11 is 3.27. The second kappa shape index (κ2) is 8.14. The smallest absolute Gasteiger partial charge is 0.255 e. The van der Waals surface area contributed by atoms with E-state index >= 15 is 0 Å². The van der Waals surface area contributed by atoms with Gasteiger partial charge in [-0.25, -0.2) is 9.97 Å². The van der Waals surface area contributed by atoms with Crippen LogP contribution in [-0.2, 0) is 19.5 Å². The Hall–Kier alpha value is -2.81.